The third kappa shape index (κ3) is 6.32. The fourth-order valence-corrected chi connectivity index (χ4v) is 3.23. The molecule has 1 heterocycles. The van der Waals surface area contributed by atoms with Crippen molar-refractivity contribution in [2.75, 3.05) is 39.9 Å². The van der Waals surface area contributed by atoms with E-state index in [9.17, 15) is 4.79 Å². The second-order valence-electron chi connectivity index (χ2n) is 6.81. The molecule has 0 radical (unpaired) electrons. The summed E-state index contributed by atoms with van der Waals surface area (Å²) in [5.74, 6) is 2.01. The van der Waals surface area contributed by atoms with Gasteiger partial charge in [0.15, 0.2) is 17.5 Å². The number of para-hydroxylation sites is 2. The maximum atomic E-state index is 12.1. The zero-order chi connectivity index (χ0) is 20.4. The zero-order valence-electron chi connectivity index (χ0n) is 17.4. The molecule has 156 valence electrons. The fraction of sp³-hybridized carbons (Fsp3) is 0.619. The van der Waals surface area contributed by atoms with Gasteiger partial charge in [-0.15, -0.1) is 0 Å². The summed E-state index contributed by atoms with van der Waals surface area (Å²) in [6.45, 7) is 9.06. The number of ether oxygens (including phenoxy) is 3. The molecule has 7 heteroatoms. The number of benzene rings is 1. The summed E-state index contributed by atoms with van der Waals surface area (Å²) in [4.78, 5) is 19.0. The fourth-order valence-electron chi connectivity index (χ4n) is 3.23. The van der Waals surface area contributed by atoms with Crippen LogP contribution in [0.25, 0.3) is 0 Å². The molecule has 0 amide bonds. The van der Waals surface area contributed by atoms with Crippen molar-refractivity contribution < 1.29 is 19.0 Å². The van der Waals surface area contributed by atoms with E-state index < -0.39 is 0 Å². The van der Waals surface area contributed by atoms with E-state index in [4.69, 9.17) is 19.2 Å². The first-order chi connectivity index (χ1) is 13.6. The second-order valence-corrected chi connectivity index (χ2v) is 6.81. The van der Waals surface area contributed by atoms with Gasteiger partial charge in [-0.25, -0.2) is 4.99 Å². The van der Waals surface area contributed by atoms with Crippen molar-refractivity contribution in [1.82, 2.24) is 10.2 Å². The molecule has 1 saturated heterocycles. The molecular formula is C21H33N3O4. The van der Waals surface area contributed by atoms with Crippen LogP contribution in [-0.4, -0.2) is 62.8 Å². The minimum absolute atomic E-state index is 0.0974. The third-order valence-electron chi connectivity index (χ3n) is 4.57. The summed E-state index contributed by atoms with van der Waals surface area (Å²) in [7, 11) is 1.63. The lowest BCUT2D eigenvalue weighted by atomic mass is 9.98. The van der Waals surface area contributed by atoms with E-state index in [1.165, 1.54) is 0 Å². The predicted molar refractivity (Wildman–Crippen MR) is 110 cm³/mol. The van der Waals surface area contributed by atoms with Crippen molar-refractivity contribution in [2.45, 2.75) is 39.7 Å². The summed E-state index contributed by atoms with van der Waals surface area (Å²) >= 11 is 0. The summed E-state index contributed by atoms with van der Waals surface area (Å²) in [5, 5.41) is 3.33. The Kier molecular flexibility index (Phi) is 8.91. The lowest BCUT2D eigenvalue weighted by Crippen LogP contribution is -2.48. The van der Waals surface area contributed by atoms with Crippen LogP contribution in [0, 0.1) is 5.92 Å². The van der Waals surface area contributed by atoms with Crippen molar-refractivity contribution in [3.8, 4) is 11.5 Å². The third-order valence-corrected chi connectivity index (χ3v) is 4.57. The molecule has 0 bridgehead atoms. The minimum Gasteiger partial charge on any atom is -0.493 e. The summed E-state index contributed by atoms with van der Waals surface area (Å²) in [6.07, 6.45) is 1.69. The molecule has 2 unspecified atom stereocenters. The van der Waals surface area contributed by atoms with E-state index in [1.807, 2.05) is 45.0 Å². The lowest BCUT2D eigenvalue weighted by Gasteiger charge is -2.34. The molecule has 2 rings (SSSR count). The number of piperidine rings is 1. The lowest BCUT2D eigenvalue weighted by molar-refractivity contribution is -0.149. The van der Waals surface area contributed by atoms with Crippen LogP contribution in [0.2, 0.25) is 0 Å². The van der Waals surface area contributed by atoms with Crippen molar-refractivity contribution in [2.24, 2.45) is 10.9 Å². The Bertz CT molecular complexity index is 650. The normalized spacial score (nSPS) is 18.4. The van der Waals surface area contributed by atoms with Crippen LogP contribution in [0.15, 0.2) is 29.3 Å². The Balaban J connectivity index is 1.99. The molecule has 1 aromatic rings. The highest BCUT2D eigenvalue weighted by Gasteiger charge is 2.28. The van der Waals surface area contributed by atoms with Gasteiger partial charge in [0.05, 0.1) is 26.2 Å². The van der Waals surface area contributed by atoms with Crippen LogP contribution in [0.5, 0.6) is 11.5 Å². The van der Waals surface area contributed by atoms with Crippen LogP contribution in [-0.2, 0) is 9.53 Å². The zero-order valence-corrected chi connectivity index (χ0v) is 17.4. The standard InChI is InChI=1S/C21H33N3O4/c1-5-22-21(24-13-9-10-17(15-24)20(25)27-6-2)23-14-16(3)28-19-12-8-7-11-18(19)26-4/h7-8,11-12,16-17H,5-6,9-10,13-15H2,1-4H3,(H,22,23). The van der Waals surface area contributed by atoms with Gasteiger partial charge in [0.2, 0.25) is 0 Å². The van der Waals surface area contributed by atoms with Crippen LogP contribution in [0.4, 0.5) is 0 Å². The smallest absolute Gasteiger partial charge is 0.310 e. The molecule has 0 saturated carbocycles. The first-order valence-corrected chi connectivity index (χ1v) is 10.1. The Labute approximate surface area is 168 Å². The van der Waals surface area contributed by atoms with Crippen molar-refractivity contribution in [3.05, 3.63) is 24.3 Å². The molecule has 2 atom stereocenters. The van der Waals surface area contributed by atoms with Gasteiger partial charge in [-0.3, -0.25) is 4.79 Å². The molecule has 1 aliphatic heterocycles. The van der Waals surface area contributed by atoms with Crippen molar-refractivity contribution in [1.29, 1.82) is 0 Å². The van der Waals surface area contributed by atoms with Gasteiger partial charge in [0, 0.05) is 19.6 Å². The molecule has 0 aromatic heterocycles. The topological polar surface area (TPSA) is 72.4 Å². The molecule has 28 heavy (non-hydrogen) atoms. The van der Waals surface area contributed by atoms with Gasteiger partial charge in [0.1, 0.15) is 6.10 Å². The molecule has 0 spiro atoms. The van der Waals surface area contributed by atoms with Crippen LogP contribution < -0.4 is 14.8 Å². The van der Waals surface area contributed by atoms with Gasteiger partial charge in [-0.2, -0.15) is 0 Å². The van der Waals surface area contributed by atoms with Crippen molar-refractivity contribution in [3.63, 3.8) is 0 Å². The SMILES string of the molecule is CCNC(=NCC(C)Oc1ccccc1OC)N1CCCC(C(=O)OCC)C1. The Morgan fingerprint density at radius 1 is 1.32 bits per heavy atom. The van der Waals surface area contributed by atoms with Crippen LogP contribution >= 0.6 is 0 Å². The number of guanidine groups is 1. The molecule has 1 aliphatic rings. The maximum absolute atomic E-state index is 12.1. The molecule has 1 N–H and O–H groups in total. The summed E-state index contributed by atoms with van der Waals surface area (Å²) in [6, 6.07) is 7.59. The largest absolute Gasteiger partial charge is 0.493 e. The van der Waals surface area contributed by atoms with E-state index in [-0.39, 0.29) is 18.0 Å². The predicted octanol–water partition coefficient (Wildman–Crippen LogP) is 2.70. The van der Waals surface area contributed by atoms with E-state index in [0.29, 0.717) is 31.2 Å². The number of nitrogens with one attached hydrogen (secondary N) is 1. The number of likely N-dealkylation sites (tertiary alicyclic amines) is 1. The average molecular weight is 392 g/mol. The quantitative estimate of drug-likeness (QED) is 0.417. The Hall–Kier alpha value is -2.44. The van der Waals surface area contributed by atoms with E-state index in [2.05, 4.69) is 10.2 Å². The number of aliphatic imine (C=N–C) groups is 1. The summed E-state index contributed by atoms with van der Waals surface area (Å²) in [5.41, 5.74) is 0. The van der Waals surface area contributed by atoms with E-state index in [0.717, 1.165) is 31.9 Å². The summed E-state index contributed by atoms with van der Waals surface area (Å²) < 4.78 is 16.5. The van der Waals surface area contributed by atoms with E-state index >= 15 is 0 Å². The number of hydrogen-bond donors (Lipinski definition) is 1. The van der Waals surface area contributed by atoms with Crippen LogP contribution in [0.1, 0.15) is 33.6 Å². The highest BCUT2D eigenvalue weighted by Crippen LogP contribution is 2.26. The van der Waals surface area contributed by atoms with Gasteiger partial charge in [-0.05, 0) is 45.7 Å². The van der Waals surface area contributed by atoms with Gasteiger partial charge in [-0.1, -0.05) is 12.1 Å². The van der Waals surface area contributed by atoms with E-state index in [1.54, 1.807) is 7.11 Å². The number of carbonyl (C=O) groups is 1. The average Bonchev–Trinajstić information content (AvgIpc) is 2.71. The van der Waals surface area contributed by atoms with Gasteiger partial charge < -0.3 is 24.4 Å². The van der Waals surface area contributed by atoms with Crippen molar-refractivity contribution >= 4 is 11.9 Å². The van der Waals surface area contributed by atoms with Gasteiger partial charge in [0.25, 0.3) is 0 Å². The first-order valence-electron chi connectivity index (χ1n) is 10.1. The molecule has 7 nitrogen and oxygen atoms in total. The molecule has 0 aliphatic carbocycles. The maximum Gasteiger partial charge on any atom is 0.310 e. The minimum atomic E-state index is -0.115. The van der Waals surface area contributed by atoms with Crippen LogP contribution in [0.3, 0.4) is 0 Å². The molecular weight excluding hydrogens is 358 g/mol. The number of rotatable bonds is 8. The number of carbonyl (C=O) groups excluding carboxylic acids is 1. The highest BCUT2D eigenvalue weighted by atomic mass is 16.5. The molecule has 1 aromatic carbocycles. The highest BCUT2D eigenvalue weighted by molar-refractivity contribution is 5.81. The number of esters is 1. The molecule has 1 fully saturated rings. The monoisotopic (exact) mass is 391 g/mol. The number of hydrogen-bond acceptors (Lipinski definition) is 5. The Morgan fingerprint density at radius 3 is 2.75 bits per heavy atom. The Morgan fingerprint density at radius 2 is 2.07 bits per heavy atom. The van der Waals surface area contributed by atoms with Gasteiger partial charge >= 0.3 is 5.97 Å². The number of methoxy groups -OCH3 is 1. The first kappa shape index (κ1) is 21.9. The number of nitrogens with zero attached hydrogens (tertiary/aromatic N) is 2. The second kappa shape index (κ2) is 11.4.